The van der Waals surface area contributed by atoms with Crippen LogP contribution in [0.3, 0.4) is 0 Å². The predicted molar refractivity (Wildman–Crippen MR) is 101 cm³/mol. The third-order valence-corrected chi connectivity index (χ3v) is 5.33. The lowest BCUT2D eigenvalue weighted by atomic mass is 10.2. The highest BCUT2D eigenvalue weighted by molar-refractivity contribution is 7.17. The lowest BCUT2D eigenvalue weighted by Gasteiger charge is -2.35. The maximum absolute atomic E-state index is 4.72. The van der Waals surface area contributed by atoms with E-state index in [0.717, 1.165) is 44.1 Å². The van der Waals surface area contributed by atoms with Crippen molar-refractivity contribution in [2.75, 3.05) is 43.4 Å². The molecule has 1 N–H and O–H groups in total. The van der Waals surface area contributed by atoms with Crippen molar-refractivity contribution in [3.05, 3.63) is 47.3 Å². The molecule has 124 valence electrons. The number of nitrogens with one attached hydrogen (secondary N) is 1. The monoisotopic (exact) mass is 339 g/mol. The summed E-state index contributed by atoms with van der Waals surface area (Å²) in [6, 6.07) is 12.8. The molecule has 0 atom stereocenters. The van der Waals surface area contributed by atoms with Gasteiger partial charge in [0.2, 0.25) is 5.95 Å². The smallest absolute Gasteiger partial charge is 0.225 e. The molecule has 5 nitrogen and oxygen atoms in total. The summed E-state index contributed by atoms with van der Waals surface area (Å²) in [7, 11) is 1.87. The first-order chi connectivity index (χ1) is 11.8. The number of hydrogen-bond acceptors (Lipinski definition) is 6. The van der Waals surface area contributed by atoms with Crippen molar-refractivity contribution < 1.29 is 0 Å². The molecule has 1 aliphatic rings. The average molecular weight is 339 g/mol. The number of piperazine rings is 1. The normalized spacial score (nSPS) is 15.8. The van der Waals surface area contributed by atoms with E-state index in [4.69, 9.17) is 4.98 Å². The van der Waals surface area contributed by atoms with E-state index in [1.54, 1.807) is 11.3 Å². The zero-order chi connectivity index (χ0) is 16.4. The zero-order valence-corrected chi connectivity index (χ0v) is 14.6. The molecule has 1 aromatic carbocycles. The maximum atomic E-state index is 4.72. The summed E-state index contributed by atoms with van der Waals surface area (Å²) >= 11 is 1.72. The van der Waals surface area contributed by atoms with Crippen LogP contribution in [0, 0.1) is 0 Å². The Morgan fingerprint density at radius 2 is 1.83 bits per heavy atom. The number of hydrogen-bond donors (Lipinski definition) is 1. The van der Waals surface area contributed by atoms with Crippen LogP contribution in [0.15, 0.2) is 41.8 Å². The summed E-state index contributed by atoms with van der Waals surface area (Å²) in [5.74, 6) is 1.77. The van der Waals surface area contributed by atoms with Crippen molar-refractivity contribution in [1.82, 2.24) is 14.9 Å². The molecule has 1 aliphatic heterocycles. The van der Waals surface area contributed by atoms with E-state index in [9.17, 15) is 0 Å². The van der Waals surface area contributed by atoms with Crippen molar-refractivity contribution in [3.8, 4) is 0 Å². The van der Waals surface area contributed by atoms with E-state index >= 15 is 0 Å². The first kappa shape index (κ1) is 15.4. The van der Waals surface area contributed by atoms with Gasteiger partial charge in [0, 0.05) is 39.8 Å². The molecular weight excluding hydrogens is 318 g/mol. The summed E-state index contributed by atoms with van der Waals surface area (Å²) in [6.45, 7) is 5.13. The minimum Gasteiger partial charge on any atom is -0.357 e. The zero-order valence-electron chi connectivity index (χ0n) is 13.8. The van der Waals surface area contributed by atoms with Gasteiger partial charge in [0.05, 0.1) is 10.2 Å². The molecule has 1 fully saturated rings. The van der Waals surface area contributed by atoms with Crippen LogP contribution in [-0.4, -0.2) is 48.1 Å². The Morgan fingerprint density at radius 1 is 1.04 bits per heavy atom. The topological polar surface area (TPSA) is 44.3 Å². The number of rotatable bonds is 4. The second kappa shape index (κ2) is 6.75. The summed E-state index contributed by atoms with van der Waals surface area (Å²) in [5, 5.41) is 5.17. The Labute approximate surface area is 146 Å². The summed E-state index contributed by atoms with van der Waals surface area (Å²) in [6.07, 6.45) is 0. The fraction of sp³-hybridized carbons (Fsp3) is 0.333. The molecule has 1 saturated heterocycles. The molecule has 24 heavy (non-hydrogen) atoms. The highest BCUT2D eigenvalue weighted by Gasteiger charge is 2.21. The Hall–Kier alpha value is -2.18. The van der Waals surface area contributed by atoms with E-state index in [1.165, 1.54) is 10.3 Å². The molecule has 3 heterocycles. The Morgan fingerprint density at radius 3 is 2.58 bits per heavy atom. The molecule has 4 rings (SSSR count). The Bertz CT molecular complexity index is 809. The molecule has 0 aliphatic carbocycles. The third kappa shape index (κ3) is 3.07. The van der Waals surface area contributed by atoms with Crippen molar-refractivity contribution >= 4 is 33.3 Å². The van der Waals surface area contributed by atoms with Crippen LogP contribution in [0.1, 0.15) is 5.56 Å². The van der Waals surface area contributed by atoms with Gasteiger partial charge in [0.1, 0.15) is 0 Å². The number of aromatic nitrogens is 2. The van der Waals surface area contributed by atoms with Crippen molar-refractivity contribution in [3.63, 3.8) is 0 Å². The molecule has 0 unspecified atom stereocenters. The lowest BCUT2D eigenvalue weighted by molar-refractivity contribution is 0.249. The average Bonchev–Trinajstić information content (AvgIpc) is 3.11. The second-order valence-electron chi connectivity index (χ2n) is 6.00. The summed E-state index contributed by atoms with van der Waals surface area (Å²) in [5.41, 5.74) is 2.41. The van der Waals surface area contributed by atoms with E-state index in [2.05, 4.69) is 61.9 Å². The van der Waals surface area contributed by atoms with Gasteiger partial charge < -0.3 is 10.2 Å². The molecule has 6 heteroatoms. The minimum absolute atomic E-state index is 0.697. The number of thiophene rings is 1. The van der Waals surface area contributed by atoms with E-state index in [-0.39, 0.29) is 0 Å². The van der Waals surface area contributed by atoms with Gasteiger partial charge in [-0.1, -0.05) is 30.3 Å². The summed E-state index contributed by atoms with van der Waals surface area (Å²) in [4.78, 5) is 14.2. The molecule has 0 spiro atoms. The molecule has 3 aromatic rings. The van der Waals surface area contributed by atoms with Crippen LogP contribution in [0.5, 0.6) is 0 Å². The Balaban J connectivity index is 1.49. The van der Waals surface area contributed by atoms with Crippen LogP contribution in [0.4, 0.5) is 11.8 Å². The fourth-order valence-electron chi connectivity index (χ4n) is 3.13. The van der Waals surface area contributed by atoms with Crippen LogP contribution in [0.25, 0.3) is 10.2 Å². The highest BCUT2D eigenvalue weighted by Crippen LogP contribution is 2.30. The number of benzene rings is 1. The first-order valence-electron chi connectivity index (χ1n) is 8.28. The maximum Gasteiger partial charge on any atom is 0.225 e. The Kier molecular flexibility index (Phi) is 4.32. The van der Waals surface area contributed by atoms with Gasteiger partial charge in [-0.3, -0.25) is 4.90 Å². The van der Waals surface area contributed by atoms with Gasteiger partial charge in [-0.05, 0) is 17.0 Å². The summed E-state index contributed by atoms with van der Waals surface area (Å²) < 4.78 is 1.19. The van der Waals surface area contributed by atoms with Crippen molar-refractivity contribution in [2.45, 2.75) is 6.54 Å². The lowest BCUT2D eigenvalue weighted by Crippen LogP contribution is -2.46. The van der Waals surface area contributed by atoms with Gasteiger partial charge in [-0.2, -0.15) is 4.98 Å². The largest absolute Gasteiger partial charge is 0.357 e. The molecule has 0 radical (unpaired) electrons. The first-order valence-corrected chi connectivity index (χ1v) is 9.15. The van der Waals surface area contributed by atoms with E-state index in [1.807, 2.05) is 7.05 Å². The number of anilines is 2. The highest BCUT2D eigenvalue weighted by atomic mass is 32.1. The molecule has 0 amide bonds. The standard InChI is InChI=1S/C18H21N5S/c1-19-18-20-15-7-12-24-16(15)17(21-18)23-10-8-22(9-11-23)13-14-5-3-2-4-6-14/h2-7,12H,8-11,13H2,1H3,(H,19,20,21). The fourth-order valence-corrected chi connectivity index (χ4v) is 3.98. The van der Waals surface area contributed by atoms with Gasteiger partial charge in [0.25, 0.3) is 0 Å². The molecular formula is C18H21N5S. The van der Waals surface area contributed by atoms with E-state index < -0.39 is 0 Å². The second-order valence-corrected chi connectivity index (χ2v) is 6.92. The van der Waals surface area contributed by atoms with Crippen LogP contribution >= 0.6 is 11.3 Å². The minimum atomic E-state index is 0.697. The van der Waals surface area contributed by atoms with Crippen LogP contribution < -0.4 is 10.2 Å². The van der Waals surface area contributed by atoms with Gasteiger partial charge in [-0.25, -0.2) is 4.98 Å². The van der Waals surface area contributed by atoms with E-state index in [0.29, 0.717) is 5.95 Å². The van der Waals surface area contributed by atoms with Gasteiger partial charge in [-0.15, -0.1) is 11.3 Å². The SMILES string of the molecule is CNc1nc(N2CCN(Cc3ccccc3)CC2)c2sccc2n1. The number of fused-ring (bicyclic) bond motifs is 1. The molecule has 2 aromatic heterocycles. The van der Waals surface area contributed by atoms with Crippen molar-refractivity contribution in [2.24, 2.45) is 0 Å². The van der Waals surface area contributed by atoms with Crippen LogP contribution in [-0.2, 0) is 6.54 Å². The third-order valence-electron chi connectivity index (χ3n) is 4.43. The molecule has 0 saturated carbocycles. The predicted octanol–water partition coefficient (Wildman–Crippen LogP) is 3.06. The van der Waals surface area contributed by atoms with Gasteiger partial charge >= 0.3 is 0 Å². The van der Waals surface area contributed by atoms with Crippen LogP contribution in [0.2, 0.25) is 0 Å². The molecule has 0 bridgehead atoms. The van der Waals surface area contributed by atoms with Crippen molar-refractivity contribution in [1.29, 1.82) is 0 Å². The quantitative estimate of drug-likeness (QED) is 0.791. The van der Waals surface area contributed by atoms with Gasteiger partial charge in [0.15, 0.2) is 5.82 Å². The number of nitrogens with zero attached hydrogens (tertiary/aromatic N) is 4.